The van der Waals surface area contributed by atoms with Crippen molar-refractivity contribution in [2.45, 2.75) is 26.3 Å². The lowest BCUT2D eigenvalue weighted by molar-refractivity contribution is 0.412. The van der Waals surface area contributed by atoms with Gasteiger partial charge in [0.25, 0.3) is 0 Å². The van der Waals surface area contributed by atoms with Crippen molar-refractivity contribution in [3.8, 4) is 11.5 Å². The highest BCUT2D eigenvalue weighted by atomic mass is 15.1. The zero-order valence-corrected chi connectivity index (χ0v) is 11.8. The molecule has 0 bridgehead atoms. The number of hydrogen-bond acceptors (Lipinski definition) is 4. The Labute approximate surface area is 117 Å². The third kappa shape index (κ3) is 2.01. The smallest absolute Gasteiger partial charge is 0.160 e. The zero-order chi connectivity index (χ0) is 14.3. The van der Waals surface area contributed by atoms with Gasteiger partial charge >= 0.3 is 0 Å². The van der Waals surface area contributed by atoms with Gasteiger partial charge in [0, 0.05) is 11.7 Å². The molecule has 5 nitrogen and oxygen atoms in total. The van der Waals surface area contributed by atoms with E-state index >= 15 is 0 Å². The van der Waals surface area contributed by atoms with Crippen LogP contribution in [0, 0.1) is 0 Å². The third-order valence-corrected chi connectivity index (χ3v) is 3.14. The van der Waals surface area contributed by atoms with Crippen LogP contribution in [0.25, 0.3) is 22.6 Å². The van der Waals surface area contributed by atoms with Crippen molar-refractivity contribution in [1.29, 1.82) is 0 Å². The number of anilines is 1. The van der Waals surface area contributed by atoms with Crippen molar-refractivity contribution >= 4 is 16.7 Å². The molecule has 3 aromatic heterocycles. The molecule has 0 atom stereocenters. The molecular formula is C15H17N5. The molecule has 0 aliphatic carbocycles. The molecule has 0 saturated heterocycles. The SMILES string of the molecule is CC(C)(C)n1c(-c2ccc(N)cn2)nc2cnccc21. The number of pyridine rings is 2. The summed E-state index contributed by atoms with van der Waals surface area (Å²) in [4.78, 5) is 13.2. The molecule has 20 heavy (non-hydrogen) atoms. The first-order chi connectivity index (χ1) is 9.47. The number of nitrogens with two attached hydrogens (primary N) is 1. The molecule has 3 heterocycles. The van der Waals surface area contributed by atoms with Gasteiger partial charge in [-0.05, 0) is 39.0 Å². The summed E-state index contributed by atoms with van der Waals surface area (Å²) in [6, 6.07) is 5.72. The summed E-state index contributed by atoms with van der Waals surface area (Å²) in [5, 5.41) is 0. The van der Waals surface area contributed by atoms with Gasteiger partial charge in [0.05, 0.1) is 23.6 Å². The normalized spacial score (nSPS) is 11.9. The molecule has 0 fully saturated rings. The van der Waals surface area contributed by atoms with Gasteiger partial charge in [0.15, 0.2) is 5.82 Å². The third-order valence-electron chi connectivity index (χ3n) is 3.14. The number of imidazole rings is 1. The summed E-state index contributed by atoms with van der Waals surface area (Å²) >= 11 is 0. The van der Waals surface area contributed by atoms with E-state index < -0.39 is 0 Å². The van der Waals surface area contributed by atoms with Crippen molar-refractivity contribution in [3.05, 3.63) is 36.8 Å². The van der Waals surface area contributed by atoms with Crippen LogP contribution in [-0.2, 0) is 5.54 Å². The Morgan fingerprint density at radius 2 is 1.90 bits per heavy atom. The molecule has 102 valence electrons. The maximum atomic E-state index is 5.70. The fraction of sp³-hybridized carbons (Fsp3) is 0.267. The largest absolute Gasteiger partial charge is 0.397 e. The molecule has 5 heteroatoms. The van der Waals surface area contributed by atoms with Crippen LogP contribution in [0.15, 0.2) is 36.8 Å². The Morgan fingerprint density at radius 1 is 1.10 bits per heavy atom. The number of rotatable bonds is 1. The van der Waals surface area contributed by atoms with E-state index in [2.05, 4.69) is 40.3 Å². The number of fused-ring (bicyclic) bond motifs is 1. The van der Waals surface area contributed by atoms with Crippen molar-refractivity contribution in [3.63, 3.8) is 0 Å². The van der Waals surface area contributed by atoms with Crippen molar-refractivity contribution in [1.82, 2.24) is 19.5 Å². The van der Waals surface area contributed by atoms with Gasteiger partial charge in [-0.3, -0.25) is 9.97 Å². The molecule has 0 saturated carbocycles. The van der Waals surface area contributed by atoms with Crippen LogP contribution in [0.4, 0.5) is 5.69 Å². The van der Waals surface area contributed by atoms with Crippen LogP contribution in [0.5, 0.6) is 0 Å². The predicted octanol–water partition coefficient (Wildman–Crippen LogP) is 2.83. The first-order valence-electron chi connectivity index (χ1n) is 6.51. The van der Waals surface area contributed by atoms with Crippen molar-refractivity contribution < 1.29 is 0 Å². The average molecular weight is 267 g/mol. The Morgan fingerprint density at radius 3 is 2.55 bits per heavy atom. The van der Waals surface area contributed by atoms with Gasteiger partial charge < -0.3 is 10.3 Å². The molecule has 0 amide bonds. The topological polar surface area (TPSA) is 69.6 Å². The first kappa shape index (κ1) is 12.6. The Kier molecular flexibility index (Phi) is 2.71. The van der Waals surface area contributed by atoms with Gasteiger partial charge in [-0.15, -0.1) is 0 Å². The number of nitrogen functional groups attached to an aromatic ring is 1. The molecule has 3 rings (SSSR count). The summed E-state index contributed by atoms with van der Waals surface area (Å²) in [6.07, 6.45) is 5.21. The van der Waals surface area contributed by atoms with Gasteiger partial charge in [0.1, 0.15) is 11.2 Å². The minimum absolute atomic E-state index is 0.103. The highest BCUT2D eigenvalue weighted by Gasteiger charge is 2.22. The summed E-state index contributed by atoms with van der Waals surface area (Å²) in [7, 11) is 0. The molecule has 0 aliphatic rings. The zero-order valence-electron chi connectivity index (χ0n) is 11.8. The Hall–Kier alpha value is -2.43. The standard InChI is InChI=1S/C15H17N5/c1-15(2,3)20-13-6-7-17-9-12(13)19-14(20)11-5-4-10(16)8-18-11/h4-9H,16H2,1-3H3. The van der Waals surface area contributed by atoms with Crippen LogP contribution < -0.4 is 5.73 Å². The monoisotopic (exact) mass is 267 g/mol. The summed E-state index contributed by atoms with van der Waals surface area (Å²) in [5.41, 5.74) is 8.99. The van der Waals surface area contributed by atoms with Gasteiger partial charge in [-0.25, -0.2) is 4.98 Å². The van der Waals surface area contributed by atoms with E-state index in [-0.39, 0.29) is 5.54 Å². The molecule has 3 aromatic rings. The quantitative estimate of drug-likeness (QED) is 0.736. The number of nitrogens with zero attached hydrogens (tertiary/aromatic N) is 4. The minimum Gasteiger partial charge on any atom is -0.397 e. The van der Waals surface area contributed by atoms with Crippen LogP contribution in [-0.4, -0.2) is 19.5 Å². The number of hydrogen-bond donors (Lipinski definition) is 1. The number of aromatic nitrogens is 4. The maximum absolute atomic E-state index is 5.70. The van der Waals surface area contributed by atoms with Gasteiger partial charge in [0.2, 0.25) is 0 Å². The minimum atomic E-state index is -0.103. The second kappa shape index (κ2) is 4.30. The van der Waals surface area contributed by atoms with E-state index in [9.17, 15) is 0 Å². The molecule has 2 N–H and O–H groups in total. The summed E-state index contributed by atoms with van der Waals surface area (Å²) < 4.78 is 2.18. The van der Waals surface area contributed by atoms with Crippen LogP contribution in [0.1, 0.15) is 20.8 Å². The predicted molar refractivity (Wildman–Crippen MR) is 80.2 cm³/mol. The van der Waals surface area contributed by atoms with E-state index in [4.69, 9.17) is 5.73 Å². The fourth-order valence-electron chi connectivity index (χ4n) is 2.32. The maximum Gasteiger partial charge on any atom is 0.160 e. The second-order valence-corrected chi connectivity index (χ2v) is 5.78. The van der Waals surface area contributed by atoms with E-state index in [1.807, 2.05) is 18.2 Å². The summed E-state index contributed by atoms with van der Waals surface area (Å²) in [5.74, 6) is 0.834. The lowest BCUT2D eigenvalue weighted by Crippen LogP contribution is -2.22. The van der Waals surface area contributed by atoms with Crippen LogP contribution in [0.2, 0.25) is 0 Å². The van der Waals surface area contributed by atoms with E-state index in [1.54, 1.807) is 18.6 Å². The molecule has 0 unspecified atom stereocenters. The van der Waals surface area contributed by atoms with Gasteiger partial charge in [-0.2, -0.15) is 0 Å². The average Bonchev–Trinajstić information content (AvgIpc) is 2.78. The Bertz CT molecular complexity index is 750. The molecule has 0 spiro atoms. The van der Waals surface area contributed by atoms with E-state index in [0.717, 1.165) is 22.6 Å². The van der Waals surface area contributed by atoms with Crippen LogP contribution in [0.3, 0.4) is 0 Å². The van der Waals surface area contributed by atoms with E-state index in [1.165, 1.54) is 0 Å². The van der Waals surface area contributed by atoms with Gasteiger partial charge in [-0.1, -0.05) is 0 Å². The highest BCUT2D eigenvalue weighted by Crippen LogP contribution is 2.29. The molecule has 0 aliphatic heterocycles. The molecule has 0 radical (unpaired) electrons. The first-order valence-corrected chi connectivity index (χ1v) is 6.51. The highest BCUT2D eigenvalue weighted by molar-refractivity contribution is 5.79. The fourth-order valence-corrected chi connectivity index (χ4v) is 2.32. The molecular weight excluding hydrogens is 250 g/mol. The Balaban J connectivity index is 2.32. The van der Waals surface area contributed by atoms with Crippen molar-refractivity contribution in [2.24, 2.45) is 0 Å². The van der Waals surface area contributed by atoms with E-state index in [0.29, 0.717) is 5.69 Å². The lowest BCUT2D eigenvalue weighted by atomic mass is 10.1. The lowest BCUT2D eigenvalue weighted by Gasteiger charge is -2.24. The second-order valence-electron chi connectivity index (χ2n) is 5.78. The summed E-state index contributed by atoms with van der Waals surface area (Å²) in [6.45, 7) is 6.44. The molecule has 0 aromatic carbocycles. The van der Waals surface area contributed by atoms with Crippen LogP contribution >= 0.6 is 0 Å². The van der Waals surface area contributed by atoms with Crippen molar-refractivity contribution in [2.75, 3.05) is 5.73 Å².